The number of aliphatic carboxylic acids is 1. The van der Waals surface area contributed by atoms with Crippen LogP contribution in [-0.4, -0.2) is 31.2 Å². The molecule has 0 saturated carbocycles. The molecule has 0 unspecified atom stereocenters. The van der Waals surface area contributed by atoms with Gasteiger partial charge in [0.1, 0.15) is 0 Å². The smallest absolute Gasteiger partial charge is 0.350 e. The van der Waals surface area contributed by atoms with Gasteiger partial charge in [0.15, 0.2) is 5.65 Å². The monoisotopic (exact) mass is 354 g/mol. The number of carboxylic acids is 1. The van der Waals surface area contributed by atoms with Crippen LogP contribution in [0, 0.1) is 0 Å². The van der Waals surface area contributed by atoms with Gasteiger partial charge in [0, 0.05) is 24.7 Å². The number of carbonyl (C=O) groups is 2. The van der Waals surface area contributed by atoms with Crippen LogP contribution in [-0.2, 0) is 22.6 Å². The summed E-state index contributed by atoms with van der Waals surface area (Å²) >= 11 is 0. The van der Waals surface area contributed by atoms with Crippen molar-refractivity contribution in [3.8, 4) is 0 Å². The van der Waals surface area contributed by atoms with Gasteiger partial charge in [0.2, 0.25) is 5.91 Å². The summed E-state index contributed by atoms with van der Waals surface area (Å²) in [4.78, 5) is 34.9. The van der Waals surface area contributed by atoms with E-state index < -0.39 is 5.97 Å². The second-order valence-electron chi connectivity index (χ2n) is 5.83. The van der Waals surface area contributed by atoms with E-state index in [4.69, 9.17) is 5.11 Å². The Labute approximate surface area is 148 Å². The van der Waals surface area contributed by atoms with Crippen molar-refractivity contribution in [2.75, 3.05) is 5.32 Å². The first-order chi connectivity index (χ1) is 12.5. The molecule has 2 heterocycles. The summed E-state index contributed by atoms with van der Waals surface area (Å²) in [6, 6.07) is 12.3. The molecular weight excluding hydrogens is 336 g/mol. The van der Waals surface area contributed by atoms with Crippen molar-refractivity contribution in [3.05, 3.63) is 64.7 Å². The number of pyridine rings is 1. The summed E-state index contributed by atoms with van der Waals surface area (Å²) in [5, 5.41) is 15.7. The molecule has 0 aliphatic rings. The van der Waals surface area contributed by atoms with E-state index in [2.05, 4.69) is 10.4 Å². The summed E-state index contributed by atoms with van der Waals surface area (Å²) in [6.07, 6.45) is 2.16. The predicted molar refractivity (Wildman–Crippen MR) is 95.1 cm³/mol. The van der Waals surface area contributed by atoms with Crippen LogP contribution in [0.2, 0.25) is 0 Å². The second kappa shape index (κ2) is 7.64. The number of carboxylic acid groups (broad SMARTS) is 1. The van der Waals surface area contributed by atoms with E-state index in [0.717, 1.165) is 5.56 Å². The highest BCUT2D eigenvalue weighted by molar-refractivity contribution is 5.90. The fraction of sp³-hybridized carbons (Fsp3) is 0.222. The molecule has 0 atom stereocenters. The lowest BCUT2D eigenvalue weighted by atomic mass is 10.1. The standard InChI is InChI=1S/C18H18N4O4/c23-16(19-14-5-3-4-13(12-14)7-8-17(24)25)9-11-22-18(26)21-10-2-1-6-15(21)20-22/h1-6,10,12H,7-9,11H2,(H,19,23)(H,24,25). The van der Waals surface area contributed by atoms with Gasteiger partial charge < -0.3 is 10.4 Å². The second-order valence-corrected chi connectivity index (χ2v) is 5.83. The molecule has 1 amide bonds. The zero-order chi connectivity index (χ0) is 18.5. The Morgan fingerprint density at radius 1 is 1.12 bits per heavy atom. The number of benzene rings is 1. The highest BCUT2D eigenvalue weighted by atomic mass is 16.4. The maximum Gasteiger partial charge on any atom is 0.350 e. The molecule has 2 N–H and O–H groups in total. The molecule has 0 saturated heterocycles. The average Bonchev–Trinajstić information content (AvgIpc) is 2.95. The topological polar surface area (TPSA) is 106 Å². The van der Waals surface area contributed by atoms with Crippen LogP contribution in [0.5, 0.6) is 0 Å². The summed E-state index contributed by atoms with van der Waals surface area (Å²) in [5.41, 5.74) is 1.68. The molecule has 0 aliphatic carbocycles. The molecule has 3 aromatic rings. The fourth-order valence-electron chi connectivity index (χ4n) is 2.60. The minimum atomic E-state index is -0.864. The zero-order valence-electron chi connectivity index (χ0n) is 14.0. The SMILES string of the molecule is O=C(O)CCc1cccc(NC(=O)CCn2nc3ccccn3c2=O)c1. The van der Waals surface area contributed by atoms with Crippen LogP contribution in [0.4, 0.5) is 5.69 Å². The summed E-state index contributed by atoms with van der Waals surface area (Å²) in [6.45, 7) is 0.172. The van der Waals surface area contributed by atoms with Crippen LogP contribution >= 0.6 is 0 Å². The molecular formula is C18H18N4O4. The normalized spacial score (nSPS) is 10.8. The van der Waals surface area contributed by atoms with Gasteiger partial charge in [0.25, 0.3) is 0 Å². The number of nitrogens with one attached hydrogen (secondary N) is 1. The molecule has 8 heteroatoms. The Hall–Kier alpha value is -3.42. The number of fused-ring (bicyclic) bond motifs is 1. The summed E-state index contributed by atoms with van der Waals surface area (Å²) in [7, 11) is 0. The van der Waals surface area contributed by atoms with Gasteiger partial charge in [-0.3, -0.25) is 14.0 Å². The molecule has 0 spiro atoms. The van der Waals surface area contributed by atoms with Crippen LogP contribution < -0.4 is 11.0 Å². The lowest BCUT2D eigenvalue weighted by molar-refractivity contribution is -0.137. The Balaban J connectivity index is 1.60. The van der Waals surface area contributed by atoms with Crippen LogP contribution in [0.25, 0.3) is 5.65 Å². The Bertz CT molecular complexity index is 1010. The molecule has 0 bridgehead atoms. The molecule has 0 radical (unpaired) electrons. The van der Waals surface area contributed by atoms with Gasteiger partial charge in [-0.15, -0.1) is 5.10 Å². The third kappa shape index (κ3) is 4.15. The largest absolute Gasteiger partial charge is 0.481 e. The number of aromatic nitrogens is 3. The van der Waals surface area contributed by atoms with Crippen LogP contribution in [0.15, 0.2) is 53.5 Å². The maximum absolute atomic E-state index is 12.2. The minimum Gasteiger partial charge on any atom is -0.481 e. The lowest BCUT2D eigenvalue weighted by Gasteiger charge is -2.07. The molecule has 134 valence electrons. The minimum absolute atomic E-state index is 0.0359. The molecule has 3 rings (SSSR count). The number of aryl methyl sites for hydroxylation is 2. The number of rotatable bonds is 7. The van der Waals surface area contributed by atoms with Gasteiger partial charge in [-0.05, 0) is 36.2 Å². The number of nitrogens with zero attached hydrogens (tertiary/aromatic N) is 3. The third-order valence-electron chi connectivity index (χ3n) is 3.88. The van der Waals surface area contributed by atoms with E-state index in [-0.39, 0.29) is 31.0 Å². The molecule has 1 aromatic carbocycles. The summed E-state index contributed by atoms with van der Waals surface area (Å²) < 4.78 is 2.68. The van der Waals surface area contributed by atoms with Crippen molar-refractivity contribution in [3.63, 3.8) is 0 Å². The number of hydrogen-bond donors (Lipinski definition) is 2. The van der Waals surface area contributed by atoms with E-state index >= 15 is 0 Å². The van der Waals surface area contributed by atoms with Crippen LogP contribution in [0.3, 0.4) is 0 Å². The fourth-order valence-corrected chi connectivity index (χ4v) is 2.60. The van der Waals surface area contributed by atoms with Gasteiger partial charge in [-0.1, -0.05) is 18.2 Å². The number of amides is 1. The predicted octanol–water partition coefficient (Wildman–Crippen LogP) is 1.54. The first kappa shape index (κ1) is 17.4. The molecule has 8 nitrogen and oxygen atoms in total. The highest BCUT2D eigenvalue weighted by Crippen LogP contribution is 2.12. The van der Waals surface area contributed by atoms with Gasteiger partial charge in [0.05, 0.1) is 6.54 Å². The van der Waals surface area contributed by atoms with E-state index in [1.807, 2.05) is 6.07 Å². The Morgan fingerprint density at radius 2 is 1.96 bits per heavy atom. The number of hydrogen-bond acceptors (Lipinski definition) is 4. The van der Waals surface area contributed by atoms with E-state index in [1.165, 1.54) is 9.08 Å². The van der Waals surface area contributed by atoms with Gasteiger partial charge >= 0.3 is 11.7 Å². The Morgan fingerprint density at radius 3 is 2.73 bits per heavy atom. The molecule has 2 aromatic heterocycles. The first-order valence-electron chi connectivity index (χ1n) is 8.18. The Kier molecular flexibility index (Phi) is 5.12. The quantitative estimate of drug-likeness (QED) is 0.669. The van der Waals surface area contributed by atoms with Crippen molar-refractivity contribution >= 4 is 23.2 Å². The molecule has 0 aliphatic heterocycles. The van der Waals surface area contributed by atoms with Gasteiger partial charge in [-0.25, -0.2) is 9.48 Å². The average molecular weight is 354 g/mol. The third-order valence-corrected chi connectivity index (χ3v) is 3.88. The molecule has 26 heavy (non-hydrogen) atoms. The van der Waals surface area contributed by atoms with Crippen molar-refractivity contribution in [1.82, 2.24) is 14.2 Å². The first-order valence-corrected chi connectivity index (χ1v) is 8.18. The van der Waals surface area contributed by atoms with Crippen molar-refractivity contribution in [1.29, 1.82) is 0 Å². The van der Waals surface area contributed by atoms with Crippen molar-refractivity contribution < 1.29 is 14.7 Å². The highest BCUT2D eigenvalue weighted by Gasteiger charge is 2.09. The lowest BCUT2D eigenvalue weighted by Crippen LogP contribution is -2.24. The van der Waals surface area contributed by atoms with Crippen LogP contribution in [0.1, 0.15) is 18.4 Å². The van der Waals surface area contributed by atoms with E-state index in [1.54, 1.807) is 42.6 Å². The summed E-state index contributed by atoms with van der Waals surface area (Å²) in [5.74, 6) is -1.11. The van der Waals surface area contributed by atoms with Gasteiger partial charge in [-0.2, -0.15) is 0 Å². The zero-order valence-corrected chi connectivity index (χ0v) is 14.0. The van der Waals surface area contributed by atoms with E-state index in [0.29, 0.717) is 17.8 Å². The maximum atomic E-state index is 12.2. The van der Waals surface area contributed by atoms with Crippen molar-refractivity contribution in [2.45, 2.75) is 25.8 Å². The molecule has 0 fully saturated rings. The van der Waals surface area contributed by atoms with Crippen molar-refractivity contribution in [2.24, 2.45) is 0 Å². The number of carbonyl (C=O) groups excluding carboxylic acids is 1. The van der Waals surface area contributed by atoms with E-state index in [9.17, 15) is 14.4 Å². The number of anilines is 1.